The van der Waals surface area contributed by atoms with Gasteiger partial charge in [0.25, 0.3) is 0 Å². The lowest BCUT2D eigenvalue weighted by Crippen LogP contribution is -2.11. The predicted octanol–water partition coefficient (Wildman–Crippen LogP) is 3.82. The summed E-state index contributed by atoms with van der Waals surface area (Å²) in [6, 6.07) is 14.2. The fourth-order valence-corrected chi connectivity index (χ4v) is 2.98. The van der Waals surface area contributed by atoms with Crippen molar-refractivity contribution in [3.63, 3.8) is 0 Å². The molecule has 0 aliphatic rings. The van der Waals surface area contributed by atoms with E-state index in [0.29, 0.717) is 5.88 Å². The van der Waals surface area contributed by atoms with Crippen molar-refractivity contribution in [2.24, 2.45) is 0 Å². The van der Waals surface area contributed by atoms with E-state index in [0.717, 1.165) is 33.7 Å². The number of nitrogens with zero attached hydrogens (tertiary/aromatic N) is 3. The van der Waals surface area contributed by atoms with Crippen molar-refractivity contribution in [2.45, 2.75) is 11.4 Å². The number of hydrogen-bond acceptors (Lipinski definition) is 6. The topological polar surface area (TPSA) is 50.3 Å². The van der Waals surface area contributed by atoms with Crippen LogP contribution in [-0.2, 0) is 6.54 Å². The van der Waals surface area contributed by atoms with Crippen molar-refractivity contribution in [3.8, 4) is 5.88 Å². The van der Waals surface area contributed by atoms with Crippen LogP contribution >= 0.6 is 11.9 Å². The minimum Gasteiger partial charge on any atom is -0.481 e. The number of benzene rings is 1. The number of hydrogen-bond donors (Lipinski definition) is 1. The maximum absolute atomic E-state index is 5.08. The molecule has 2 heterocycles. The highest BCUT2D eigenvalue weighted by atomic mass is 32.2. The predicted molar refractivity (Wildman–Crippen MR) is 99.4 cm³/mol. The number of anilines is 1. The molecule has 0 aliphatic carbocycles. The quantitative estimate of drug-likeness (QED) is 0.689. The monoisotopic (exact) mass is 340 g/mol. The minimum atomic E-state index is 0.611. The Morgan fingerprint density at radius 1 is 1.12 bits per heavy atom. The molecule has 0 saturated carbocycles. The Balaban J connectivity index is 1.82. The van der Waals surface area contributed by atoms with Gasteiger partial charge in [0.15, 0.2) is 0 Å². The summed E-state index contributed by atoms with van der Waals surface area (Å²) in [7, 11) is 5.70. The summed E-state index contributed by atoms with van der Waals surface area (Å²) in [6.45, 7) is 0.819. The number of nitrogens with one attached hydrogen (secondary N) is 1. The standard InChI is InChI=1S/C18H20N4OS/c1-22(2)12-14-8-7-13-5-4-6-16(18(13)20-14)21-24-15-9-10-17(23-3)19-11-15/h4-11,21H,12H2,1-3H3. The normalized spacial score (nSPS) is 11.0. The van der Waals surface area contributed by atoms with Crippen molar-refractivity contribution in [1.82, 2.24) is 14.9 Å². The summed E-state index contributed by atoms with van der Waals surface area (Å²) in [5.74, 6) is 0.611. The molecule has 6 heteroatoms. The Bertz CT molecular complexity index is 821. The highest BCUT2D eigenvalue weighted by molar-refractivity contribution is 8.00. The highest BCUT2D eigenvalue weighted by Gasteiger charge is 2.06. The molecule has 24 heavy (non-hydrogen) atoms. The first-order valence-corrected chi connectivity index (χ1v) is 8.43. The van der Waals surface area contributed by atoms with Crippen LogP contribution in [0.5, 0.6) is 5.88 Å². The zero-order chi connectivity index (χ0) is 16.9. The van der Waals surface area contributed by atoms with Gasteiger partial charge >= 0.3 is 0 Å². The third-order valence-electron chi connectivity index (χ3n) is 3.45. The molecule has 1 N–H and O–H groups in total. The lowest BCUT2D eigenvalue weighted by Gasteiger charge is -2.12. The second-order valence-corrected chi connectivity index (χ2v) is 6.54. The van der Waals surface area contributed by atoms with Gasteiger partial charge in [-0.3, -0.25) is 0 Å². The number of para-hydroxylation sites is 1. The first kappa shape index (κ1) is 16.5. The van der Waals surface area contributed by atoms with Gasteiger partial charge < -0.3 is 14.4 Å². The zero-order valence-electron chi connectivity index (χ0n) is 14.0. The van der Waals surface area contributed by atoms with E-state index >= 15 is 0 Å². The van der Waals surface area contributed by atoms with Crippen LogP contribution in [0.15, 0.2) is 53.6 Å². The molecule has 5 nitrogen and oxygen atoms in total. The average molecular weight is 340 g/mol. The molecule has 3 rings (SSSR count). The van der Waals surface area contributed by atoms with Gasteiger partial charge in [-0.2, -0.15) is 0 Å². The van der Waals surface area contributed by atoms with E-state index in [9.17, 15) is 0 Å². The largest absolute Gasteiger partial charge is 0.481 e. The van der Waals surface area contributed by atoms with Gasteiger partial charge in [-0.1, -0.05) is 18.2 Å². The summed E-state index contributed by atoms with van der Waals surface area (Å²) in [6.07, 6.45) is 1.78. The smallest absolute Gasteiger partial charge is 0.212 e. The Labute approximate surface area is 146 Å². The average Bonchev–Trinajstić information content (AvgIpc) is 2.60. The minimum absolute atomic E-state index is 0.611. The molecular weight excluding hydrogens is 320 g/mol. The molecule has 124 valence electrons. The van der Waals surface area contributed by atoms with E-state index in [-0.39, 0.29) is 0 Å². The summed E-state index contributed by atoms with van der Waals surface area (Å²) in [5, 5.41) is 1.12. The van der Waals surface area contributed by atoms with Crippen LogP contribution in [-0.4, -0.2) is 36.1 Å². The number of fused-ring (bicyclic) bond motifs is 1. The van der Waals surface area contributed by atoms with Crippen LogP contribution in [0.25, 0.3) is 10.9 Å². The summed E-state index contributed by atoms with van der Waals surface area (Å²) in [4.78, 5) is 12.1. The van der Waals surface area contributed by atoms with Crippen molar-refractivity contribution in [3.05, 3.63) is 54.4 Å². The number of aromatic nitrogens is 2. The maximum atomic E-state index is 5.08. The molecule has 2 aromatic heterocycles. The van der Waals surface area contributed by atoms with Crippen LogP contribution in [0.4, 0.5) is 5.69 Å². The molecule has 0 fully saturated rings. The van der Waals surface area contributed by atoms with Gasteiger partial charge in [-0.25, -0.2) is 9.97 Å². The van der Waals surface area contributed by atoms with Gasteiger partial charge in [0, 0.05) is 29.1 Å². The molecule has 0 amide bonds. The summed E-state index contributed by atoms with van der Waals surface area (Å²) >= 11 is 1.51. The molecule has 0 spiro atoms. The Hall–Kier alpha value is -2.31. The van der Waals surface area contributed by atoms with Crippen LogP contribution in [0.1, 0.15) is 5.69 Å². The molecule has 1 aromatic carbocycles. The Morgan fingerprint density at radius 2 is 2.00 bits per heavy atom. The van der Waals surface area contributed by atoms with Crippen molar-refractivity contribution in [2.75, 3.05) is 25.9 Å². The number of ether oxygens (including phenoxy) is 1. The van der Waals surface area contributed by atoms with E-state index in [2.05, 4.69) is 32.8 Å². The third-order valence-corrected chi connectivity index (χ3v) is 4.25. The van der Waals surface area contributed by atoms with Crippen LogP contribution in [0.2, 0.25) is 0 Å². The van der Waals surface area contributed by atoms with E-state index in [4.69, 9.17) is 9.72 Å². The second kappa shape index (κ2) is 7.51. The number of pyridine rings is 2. The van der Waals surface area contributed by atoms with Gasteiger partial charge in [0.05, 0.1) is 24.0 Å². The molecule has 0 bridgehead atoms. The SMILES string of the molecule is COc1ccc(SNc2cccc3ccc(CN(C)C)nc23)cn1. The third kappa shape index (κ3) is 3.96. The Kier molecular flexibility index (Phi) is 5.17. The zero-order valence-corrected chi connectivity index (χ0v) is 14.8. The molecule has 0 radical (unpaired) electrons. The molecule has 0 atom stereocenters. The molecule has 3 aromatic rings. The van der Waals surface area contributed by atoms with Gasteiger partial charge in [-0.05, 0) is 44.2 Å². The summed E-state index contributed by atoms with van der Waals surface area (Å²) < 4.78 is 8.46. The fourth-order valence-electron chi connectivity index (χ4n) is 2.34. The number of methoxy groups -OCH3 is 1. The van der Waals surface area contributed by atoms with Crippen LogP contribution in [0.3, 0.4) is 0 Å². The molecule has 0 saturated heterocycles. The lowest BCUT2D eigenvalue weighted by atomic mass is 10.2. The fraction of sp³-hybridized carbons (Fsp3) is 0.222. The van der Waals surface area contributed by atoms with Crippen molar-refractivity contribution in [1.29, 1.82) is 0 Å². The summed E-state index contributed by atoms with van der Waals surface area (Å²) in [5.41, 5.74) is 3.03. The van der Waals surface area contributed by atoms with Gasteiger partial charge in [0.2, 0.25) is 5.88 Å². The first-order chi connectivity index (χ1) is 11.7. The van der Waals surface area contributed by atoms with Crippen molar-refractivity contribution >= 4 is 28.5 Å². The molecular formula is C18H20N4OS. The maximum Gasteiger partial charge on any atom is 0.212 e. The lowest BCUT2D eigenvalue weighted by molar-refractivity contribution is 0.397. The van der Waals surface area contributed by atoms with Gasteiger partial charge in [0.1, 0.15) is 0 Å². The van der Waals surface area contributed by atoms with Crippen molar-refractivity contribution < 1.29 is 4.74 Å². The van der Waals surface area contributed by atoms with E-state index in [1.165, 1.54) is 11.9 Å². The Morgan fingerprint density at radius 3 is 2.71 bits per heavy atom. The van der Waals surface area contributed by atoms with Crippen LogP contribution in [0, 0.1) is 0 Å². The first-order valence-electron chi connectivity index (χ1n) is 7.62. The number of rotatable bonds is 6. The van der Waals surface area contributed by atoms with Crippen LogP contribution < -0.4 is 9.46 Å². The second-order valence-electron chi connectivity index (χ2n) is 5.66. The molecule has 0 aliphatic heterocycles. The van der Waals surface area contributed by atoms with E-state index in [1.807, 2.05) is 38.4 Å². The molecule has 0 unspecified atom stereocenters. The highest BCUT2D eigenvalue weighted by Crippen LogP contribution is 2.27. The van der Waals surface area contributed by atoms with Gasteiger partial charge in [-0.15, -0.1) is 0 Å². The van der Waals surface area contributed by atoms with E-state index < -0.39 is 0 Å². The van der Waals surface area contributed by atoms with E-state index in [1.54, 1.807) is 13.3 Å².